The summed E-state index contributed by atoms with van der Waals surface area (Å²) < 4.78 is 32.8. The number of hydrogen-bond donors (Lipinski definition) is 0. The van der Waals surface area contributed by atoms with Crippen LogP contribution in [-0.2, 0) is 10.0 Å². The van der Waals surface area contributed by atoms with E-state index in [1.807, 2.05) is 31.2 Å². The topological polar surface area (TPSA) is 59.5 Å². The fourth-order valence-corrected chi connectivity index (χ4v) is 4.70. The number of hydrogen-bond acceptors (Lipinski definition) is 4. The van der Waals surface area contributed by atoms with Crippen molar-refractivity contribution in [1.82, 2.24) is 9.29 Å². The molecule has 128 valence electrons. The molecule has 0 spiro atoms. The van der Waals surface area contributed by atoms with Crippen LogP contribution in [0.25, 0.3) is 0 Å². The molecule has 1 aromatic carbocycles. The van der Waals surface area contributed by atoms with Gasteiger partial charge in [-0.25, -0.2) is 13.4 Å². The van der Waals surface area contributed by atoms with Gasteiger partial charge in [-0.1, -0.05) is 23.7 Å². The van der Waals surface area contributed by atoms with E-state index < -0.39 is 10.0 Å². The highest BCUT2D eigenvalue weighted by Gasteiger charge is 2.36. The normalized spacial score (nSPS) is 18.7. The van der Waals surface area contributed by atoms with Gasteiger partial charge in [0, 0.05) is 12.7 Å². The molecule has 1 saturated heterocycles. The van der Waals surface area contributed by atoms with Gasteiger partial charge in [-0.15, -0.1) is 0 Å². The van der Waals surface area contributed by atoms with Crippen molar-refractivity contribution in [1.29, 1.82) is 0 Å². The van der Waals surface area contributed by atoms with Gasteiger partial charge in [0.2, 0.25) is 10.0 Å². The maximum atomic E-state index is 12.9. The van der Waals surface area contributed by atoms with Crippen LogP contribution in [0.1, 0.15) is 31.4 Å². The standard InChI is InChI=1S/C17H19ClN2O3S/c1-2-23-14-7-5-13(6-8-14)16-4-3-11-20(16)24(21,22)15-9-10-17(18)19-12-15/h5-10,12,16H,2-4,11H2,1H3. The largest absolute Gasteiger partial charge is 0.494 e. The van der Waals surface area contributed by atoms with Crippen molar-refractivity contribution in [3.05, 3.63) is 53.3 Å². The molecule has 1 unspecified atom stereocenters. The van der Waals surface area contributed by atoms with Crippen molar-refractivity contribution in [3.63, 3.8) is 0 Å². The van der Waals surface area contributed by atoms with Crippen molar-refractivity contribution in [3.8, 4) is 5.75 Å². The molecule has 24 heavy (non-hydrogen) atoms. The van der Waals surface area contributed by atoms with E-state index in [9.17, 15) is 8.42 Å². The second kappa shape index (κ2) is 7.09. The van der Waals surface area contributed by atoms with Crippen molar-refractivity contribution in [2.45, 2.75) is 30.7 Å². The molecule has 0 saturated carbocycles. The van der Waals surface area contributed by atoms with Crippen LogP contribution in [0.15, 0.2) is 47.5 Å². The molecule has 1 atom stereocenters. The summed E-state index contributed by atoms with van der Waals surface area (Å²) in [6, 6.07) is 10.5. The van der Waals surface area contributed by atoms with Crippen LogP contribution in [-0.4, -0.2) is 30.9 Å². The predicted octanol–water partition coefficient (Wildman–Crippen LogP) is 3.66. The Morgan fingerprint density at radius 2 is 2.00 bits per heavy atom. The van der Waals surface area contributed by atoms with Crippen LogP contribution in [0.3, 0.4) is 0 Å². The van der Waals surface area contributed by atoms with Gasteiger partial charge >= 0.3 is 0 Å². The molecule has 0 N–H and O–H groups in total. The first-order valence-corrected chi connectivity index (χ1v) is 9.70. The van der Waals surface area contributed by atoms with Crippen molar-refractivity contribution < 1.29 is 13.2 Å². The summed E-state index contributed by atoms with van der Waals surface area (Å²) in [6.07, 6.45) is 2.94. The number of pyridine rings is 1. The number of halogens is 1. The minimum absolute atomic E-state index is 0.165. The average molecular weight is 367 g/mol. The van der Waals surface area contributed by atoms with Crippen molar-refractivity contribution in [2.75, 3.05) is 13.2 Å². The third-order valence-electron chi connectivity index (χ3n) is 4.09. The molecule has 2 heterocycles. The van der Waals surface area contributed by atoms with E-state index in [1.165, 1.54) is 18.3 Å². The van der Waals surface area contributed by atoms with Crippen LogP contribution in [0.2, 0.25) is 5.15 Å². The van der Waals surface area contributed by atoms with Crippen LogP contribution >= 0.6 is 11.6 Å². The van der Waals surface area contributed by atoms with E-state index in [0.717, 1.165) is 24.2 Å². The minimum atomic E-state index is -3.59. The highest BCUT2D eigenvalue weighted by Crippen LogP contribution is 2.37. The van der Waals surface area contributed by atoms with Crippen molar-refractivity contribution in [2.24, 2.45) is 0 Å². The molecule has 1 aromatic heterocycles. The SMILES string of the molecule is CCOc1ccc(C2CCCN2S(=O)(=O)c2ccc(Cl)nc2)cc1. The average Bonchev–Trinajstić information content (AvgIpc) is 3.07. The Labute approximate surface area is 147 Å². The summed E-state index contributed by atoms with van der Waals surface area (Å²) >= 11 is 5.76. The number of nitrogens with zero attached hydrogens (tertiary/aromatic N) is 2. The lowest BCUT2D eigenvalue weighted by atomic mass is 10.1. The Kier molecular flexibility index (Phi) is 5.08. The molecule has 0 aliphatic carbocycles. The van der Waals surface area contributed by atoms with Gasteiger partial charge in [-0.2, -0.15) is 4.31 Å². The molecular weight excluding hydrogens is 348 g/mol. The number of aromatic nitrogens is 1. The van der Waals surface area contributed by atoms with Gasteiger partial charge < -0.3 is 4.74 Å². The Hall–Kier alpha value is -1.63. The number of benzene rings is 1. The molecule has 5 nitrogen and oxygen atoms in total. The second-order valence-corrected chi connectivity index (χ2v) is 7.87. The highest BCUT2D eigenvalue weighted by molar-refractivity contribution is 7.89. The third-order valence-corrected chi connectivity index (χ3v) is 6.20. The van der Waals surface area contributed by atoms with E-state index in [4.69, 9.17) is 16.3 Å². The van der Waals surface area contributed by atoms with E-state index >= 15 is 0 Å². The summed E-state index contributed by atoms with van der Waals surface area (Å²) in [4.78, 5) is 4.06. The van der Waals surface area contributed by atoms with Gasteiger partial charge in [-0.3, -0.25) is 0 Å². The maximum Gasteiger partial charge on any atom is 0.245 e. The fourth-order valence-electron chi connectivity index (χ4n) is 2.96. The molecule has 1 aliphatic heterocycles. The zero-order valence-electron chi connectivity index (χ0n) is 13.4. The summed E-state index contributed by atoms with van der Waals surface area (Å²) in [5, 5.41) is 0.276. The zero-order chi connectivity index (χ0) is 17.2. The Bertz CT molecular complexity index is 792. The Morgan fingerprint density at radius 1 is 1.25 bits per heavy atom. The molecular formula is C17H19ClN2O3S. The van der Waals surface area contributed by atoms with Gasteiger partial charge in [0.1, 0.15) is 15.8 Å². The molecule has 0 radical (unpaired) electrons. The predicted molar refractivity (Wildman–Crippen MR) is 92.7 cm³/mol. The lowest BCUT2D eigenvalue weighted by Gasteiger charge is -2.24. The quantitative estimate of drug-likeness (QED) is 0.758. The molecule has 1 fully saturated rings. The zero-order valence-corrected chi connectivity index (χ0v) is 14.9. The molecule has 3 rings (SSSR count). The van der Waals surface area contributed by atoms with Crippen molar-refractivity contribution >= 4 is 21.6 Å². The van der Waals surface area contributed by atoms with E-state index in [0.29, 0.717) is 13.2 Å². The third kappa shape index (κ3) is 3.41. The molecule has 0 bridgehead atoms. The highest BCUT2D eigenvalue weighted by atomic mass is 35.5. The van der Waals surface area contributed by atoms with Crippen LogP contribution in [0, 0.1) is 0 Å². The second-order valence-electron chi connectivity index (χ2n) is 5.59. The first kappa shape index (κ1) is 17.2. The molecule has 2 aromatic rings. The number of sulfonamides is 1. The van der Waals surface area contributed by atoms with Gasteiger partial charge in [0.05, 0.1) is 12.6 Å². The monoisotopic (exact) mass is 366 g/mol. The van der Waals surface area contributed by atoms with E-state index in [-0.39, 0.29) is 16.1 Å². The summed E-state index contributed by atoms with van der Waals surface area (Å²) in [5.41, 5.74) is 0.974. The number of rotatable bonds is 5. The summed E-state index contributed by atoms with van der Waals surface area (Å²) in [6.45, 7) is 3.04. The Morgan fingerprint density at radius 3 is 2.62 bits per heavy atom. The van der Waals surface area contributed by atoms with Crippen LogP contribution in [0.4, 0.5) is 0 Å². The van der Waals surface area contributed by atoms with Gasteiger partial charge in [0.25, 0.3) is 0 Å². The maximum absolute atomic E-state index is 12.9. The first-order valence-electron chi connectivity index (χ1n) is 7.88. The van der Waals surface area contributed by atoms with Gasteiger partial charge in [0.15, 0.2) is 0 Å². The number of ether oxygens (including phenoxy) is 1. The molecule has 7 heteroatoms. The van der Waals surface area contributed by atoms with Gasteiger partial charge in [-0.05, 0) is 49.6 Å². The summed E-state index contributed by atoms with van der Waals surface area (Å²) in [7, 11) is -3.59. The van der Waals surface area contributed by atoms with Crippen LogP contribution < -0.4 is 4.74 Å². The lowest BCUT2D eigenvalue weighted by molar-refractivity contribution is 0.339. The fraction of sp³-hybridized carbons (Fsp3) is 0.353. The molecule has 1 aliphatic rings. The Balaban J connectivity index is 1.88. The van der Waals surface area contributed by atoms with E-state index in [2.05, 4.69) is 4.98 Å². The first-order chi connectivity index (χ1) is 11.5. The van der Waals surface area contributed by atoms with Crippen LogP contribution in [0.5, 0.6) is 5.75 Å². The summed E-state index contributed by atoms with van der Waals surface area (Å²) in [5.74, 6) is 0.788. The smallest absolute Gasteiger partial charge is 0.245 e. The molecule has 0 amide bonds. The minimum Gasteiger partial charge on any atom is -0.494 e. The van der Waals surface area contributed by atoms with E-state index in [1.54, 1.807) is 4.31 Å². The lowest BCUT2D eigenvalue weighted by Crippen LogP contribution is -2.30.